The van der Waals surface area contributed by atoms with Crippen molar-refractivity contribution in [1.82, 2.24) is 15.2 Å². The zero-order valence-electron chi connectivity index (χ0n) is 16.4. The number of carbonyl (C=O) groups excluding carboxylic acids is 2. The fourth-order valence-corrected chi connectivity index (χ4v) is 3.24. The summed E-state index contributed by atoms with van der Waals surface area (Å²) in [5, 5.41) is 6.61. The summed E-state index contributed by atoms with van der Waals surface area (Å²) in [6.07, 6.45) is 0.739. The van der Waals surface area contributed by atoms with Crippen LogP contribution in [0.15, 0.2) is 22.7 Å². The molecule has 1 aromatic heterocycles. The summed E-state index contributed by atoms with van der Waals surface area (Å²) in [6.45, 7) is 2.61. The van der Waals surface area contributed by atoms with E-state index in [1.165, 1.54) is 31.3 Å². The Balaban J connectivity index is 1.81. The van der Waals surface area contributed by atoms with E-state index in [4.69, 9.17) is 18.7 Å². The zero-order valence-corrected chi connectivity index (χ0v) is 16.4. The highest BCUT2D eigenvalue weighted by Crippen LogP contribution is 2.40. The lowest BCUT2D eigenvalue weighted by Gasteiger charge is -2.27. The second kappa shape index (κ2) is 8.20. The summed E-state index contributed by atoms with van der Waals surface area (Å²) >= 11 is 0. The van der Waals surface area contributed by atoms with E-state index in [-0.39, 0.29) is 23.9 Å². The molecule has 0 unspecified atom stereocenters. The first-order chi connectivity index (χ1) is 13.5. The average Bonchev–Trinajstić information content (AvgIpc) is 3.36. The van der Waals surface area contributed by atoms with Gasteiger partial charge in [0.2, 0.25) is 11.7 Å². The standard InChI is InChI=1S/C19H23N3O6/c1-12-10-14(20-28-12)19(24)22-9-5-8-21(22)16(23)11-13-6-7-15(25-2)18(27-4)17(13)26-3/h6-7,10H,5,8-9,11H2,1-4H3. The van der Waals surface area contributed by atoms with Crippen LogP contribution < -0.4 is 14.2 Å². The molecule has 1 saturated heterocycles. The van der Waals surface area contributed by atoms with Crippen molar-refractivity contribution in [2.24, 2.45) is 0 Å². The molecule has 0 N–H and O–H groups in total. The van der Waals surface area contributed by atoms with Gasteiger partial charge in [0.15, 0.2) is 17.2 Å². The number of hydrogen-bond donors (Lipinski definition) is 0. The maximum Gasteiger partial charge on any atom is 0.294 e. The van der Waals surface area contributed by atoms with Crippen molar-refractivity contribution in [3.8, 4) is 17.2 Å². The molecule has 3 rings (SSSR count). The number of hydrogen-bond acceptors (Lipinski definition) is 7. The molecule has 9 nitrogen and oxygen atoms in total. The molecule has 2 amide bonds. The second-order valence-corrected chi connectivity index (χ2v) is 6.29. The van der Waals surface area contributed by atoms with Crippen LogP contribution in [0.1, 0.15) is 28.2 Å². The van der Waals surface area contributed by atoms with Crippen LogP contribution in [0.4, 0.5) is 0 Å². The molecular formula is C19H23N3O6. The van der Waals surface area contributed by atoms with Crippen LogP contribution in [0.25, 0.3) is 0 Å². The van der Waals surface area contributed by atoms with Crippen LogP contribution in [-0.4, -0.2) is 61.4 Å². The van der Waals surface area contributed by atoms with Crippen molar-refractivity contribution < 1.29 is 28.3 Å². The number of rotatable bonds is 6. The van der Waals surface area contributed by atoms with Crippen LogP contribution in [-0.2, 0) is 11.2 Å². The van der Waals surface area contributed by atoms with Gasteiger partial charge >= 0.3 is 0 Å². The molecule has 150 valence electrons. The van der Waals surface area contributed by atoms with E-state index in [1.807, 2.05) is 0 Å². The summed E-state index contributed by atoms with van der Waals surface area (Å²) in [5.74, 6) is 1.31. The van der Waals surface area contributed by atoms with Gasteiger partial charge < -0.3 is 18.7 Å². The summed E-state index contributed by atoms with van der Waals surface area (Å²) in [7, 11) is 4.54. The third-order valence-electron chi connectivity index (χ3n) is 4.53. The summed E-state index contributed by atoms with van der Waals surface area (Å²) in [4.78, 5) is 25.6. The number of hydrazine groups is 1. The molecule has 0 spiro atoms. The highest BCUT2D eigenvalue weighted by Gasteiger charge is 2.33. The van der Waals surface area contributed by atoms with Crippen LogP contribution in [0.5, 0.6) is 17.2 Å². The molecule has 1 aliphatic rings. The predicted molar refractivity (Wildman–Crippen MR) is 98.4 cm³/mol. The monoisotopic (exact) mass is 389 g/mol. The highest BCUT2D eigenvalue weighted by molar-refractivity contribution is 5.94. The molecule has 2 aromatic rings. The van der Waals surface area contributed by atoms with Gasteiger partial charge in [-0.1, -0.05) is 11.2 Å². The van der Waals surface area contributed by atoms with E-state index in [0.29, 0.717) is 48.1 Å². The van der Waals surface area contributed by atoms with Gasteiger partial charge in [-0.3, -0.25) is 14.6 Å². The first-order valence-corrected chi connectivity index (χ1v) is 8.83. The topological polar surface area (TPSA) is 94.3 Å². The van der Waals surface area contributed by atoms with Gasteiger partial charge in [-0.25, -0.2) is 5.01 Å². The Morgan fingerprint density at radius 2 is 1.79 bits per heavy atom. The minimum absolute atomic E-state index is 0.0468. The third kappa shape index (κ3) is 3.60. The van der Waals surface area contributed by atoms with Crippen molar-refractivity contribution in [1.29, 1.82) is 0 Å². The fraction of sp³-hybridized carbons (Fsp3) is 0.421. The molecular weight excluding hydrogens is 366 g/mol. The van der Waals surface area contributed by atoms with Gasteiger partial charge in [0.25, 0.3) is 5.91 Å². The van der Waals surface area contributed by atoms with Gasteiger partial charge in [0, 0.05) is 24.7 Å². The molecule has 9 heteroatoms. The molecule has 1 fully saturated rings. The van der Waals surface area contributed by atoms with Crippen molar-refractivity contribution in [2.45, 2.75) is 19.8 Å². The lowest BCUT2D eigenvalue weighted by atomic mass is 10.1. The normalized spacial score (nSPS) is 13.6. The zero-order chi connectivity index (χ0) is 20.3. The first kappa shape index (κ1) is 19.5. The predicted octanol–water partition coefficient (Wildman–Crippen LogP) is 1.84. The van der Waals surface area contributed by atoms with E-state index in [1.54, 1.807) is 25.1 Å². The Kier molecular flexibility index (Phi) is 5.72. The molecule has 0 bridgehead atoms. The van der Waals surface area contributed by atoms with E-state index < -0.39 is 0 Å². The number of aryl methyl sites for hydroxylation is 1. The number of carbonyl (C=O) groups is 2. The maximum absolute atomic E-state index is 12.9. The summed E-state index contributed by atoms with van der Waals surface area (Å²) < 4.78 is 21.0. The van der Waals surface area contributed by atoms with E-state index in [2.05, 4.69) is 5.16 Å². The third-order valence-corrected chi connectivity index (χ3v) is 4.53. The largest absolute Gasteiger partial charge is 0.493 e. The van der Waals surface area contributed by atoms with Crippen molar-refractivity contribution in [3.05, 3.63) is 35.2 Å². The second-order valence-electron chi connectivity index (χ2n) is 6.29. The molecule has 0 aliphatic carbocycles. The minimum Gasteiger partial charge on any atom is -0.493 e. The summed E-state index contributed by atoms with van der Waals surface area (Å²) in [6, 6.07) is 5.02. The van der Waals surface area contributed by atoms with Crippen LogP contribution in [0.3, 0.4) is 0 Å². The smallest absolute Gasteiger partial charge is 0.294 e. The highest BCUT2D eigenvalue weighted by atomic mass is 16.5. The molecule has 2 heterocycles. The lowest BCUT2D eigenvalue weighted by molar-refractivity contribution is -0.139. The van der Waals surface area contributed by atoms with Crippen LogP contribution in [0, 0.1) is 6.92 Å². The number of aromatic nitrogens is 1. The quantitative estimate of drug-likeness (QED) is 0.744. The minimum atomic E-state index is -0.359. The Morgan fingerprint density at radius 1 is 1.07 bits per heavy atom. The van der Waals surface area contributed by atoms with Crippen LogP contribution in [0.2, 0.25) is 0 Å². The Labute approximate surface area is 162 Å². The Morgan fingerprint density at radius 3 is 2.39 bits per heavy atom. The number of benzene rings is 1. The van der Waals surface area contributed by atoms with E-state index in [0.717, 1.165) is 0 Å². The fourth-order valence-electron chi connectivity index (χ4n) is 3.24. The molecule has 1 aliphatic heterocycles. The average molecular weight is 389 g/mol. The van der Waals surface area contributed by atoms with Gasteiger partial charge in [0.05, 0.1) is 27.8 Å². The Bertz CT molecular complexity index is 879. The number of nitrogens with zero attached hydrogens (tertiary/aromatic N) is 3. The number of amides is 2. The molecule has 0 atom stereocenters. The number of ether oxygens (including phenoxy) is 3. The van der Waals surface area contributed by atoms with Crippen molar-refractivity contribution in [2.75, 3.05) is 34.4 Å². The SMILES string of the molecule is COc1ccc(CC(=O)N2CCCN2C(=O)c2cc(C)on2)c(OC)c1OC. The summed E-state index contributed by atoms with van der Waals surface area (Å²) in [5.41, 5.74) is 0.822. The maximum atomic E-state index is 12.9. The van der Waals surface area contributed by atoms with E-state index >= 15 is 0 Å². The molecule has 1 aromatic carbocycles. The molecule has 0 saturated carbocycles. The Hall–Kier alpha value is -3.23. The first-order valence-electron chi connectivity index (χ1n) is 8.83. The number of methoxy groups -OCH3 is 3. The molecule has 28 heavy (non-hydrogen) atoms. The van der Waals surface area contributed by atoms with Gasteiger partial charge in [0.1, 0.15) is 5.76 Å². The van der Waals surface area contributed by atoms with Crippen LogP contribution >= 0.6 is 0 Å². The van der Waals surface area contributed by atoms with Crippen molar-refractivity contribution >= 4 is 11.8 Å². The van der Waals surface area contributed by atoms with E-state index in [9.17, 15) is 9.59 Å². The lowest BCUT2D eigenvalue weighted by Crippen LogP contribution is -2.45. The van der Waals surface area contributed by atoms with Gasteiger partial charge in [-0.15, -0.1) is 0 Å². The molecule has 0 radical (unpaired) electrons. The van der Waals surface area contributed by atoms with Gasteiger partial charge in [-0.05, 0) is 19.4 Å². The van der Waals surface area contributed by atoms with Crippen molar-refractivity contribution in [3.63, 3.8) is 0 Å². The van der Waals surface area contributed by atoms with Gasteiger partial charge in [-0.2, -0.15) is 0 Å².